The first kappa shape index (κ1) is 15.5. The van der Waals surface area contributed by atoms with Crippen molar-refractivity contribution in [3.05, 3.63) is 35.9 Å². The van der Waals surface area contributed by atoms with E-state index < -0.39 is 0 Å². The lowest BCUT2D eigenvalue weighted by Crippen LogP contribution is -2.39. The molecule has 100 valence electrons. The average Bonchev–Trinajstić information content (AvgIpc) is 2.37. The molecule has 1 N–H and O–H groups in total. The Labute approximate surface area is 124 Å². The van der Waals surface area contributed by atoms with Crippen LogP contribution in [0.4, 0.5) is 0 Å². The molecule has 0 bridgehead atoms. The minimum absolute atomic E-state index is 0.182. The molecule has 0 aliphatic rings. The summed E-state index contributed by atoms with van der Waals surface area (Å²) in [6.45, 7) is 4.29. The Hall–Kier alpha value is -0.580. The van der Waals surface area contributed by atoms with Crippen LogP contribution in [0.5, 0.6) is 0 Å². The summed E-state index contributed by atoms with van der Waals surface area (Å²) in [5.41, 5.74) is 1.31. The van der Waals surface area contributed by atoms with E-state index in [2.05, 4.69) is 53.9 Å². The number of amides is 1. The van der Waals surface area contributed by atoms with Gasteiger partial charge in [0.05, 0.1) is 0 Å². The molecule has 1 atom stereocenters. The fourth-order valence-corrected chi connectivity index (χ4v) is 3.00. The summed E-state index contributed by atoms with van der Waals surface area (Å²) < 4.78 is 0.972. The molecule has 0 saturated heterocycles. The Bertz CT molecular complexity index is 351. The van der Waals surface area contributed by atoms with Crippen LogP contribution in [0.1, 0.15) is 32.3 Å². The summed E-state index contributed by atoms with van der Waals surface area (Å²) in [6.07, 6.45) is 2.52. The molecule has 0 radical (unpaired) electrons. The molecule has 1 unspecified atom stereocenters. The molecule has 3 heteroatoms. The molecule has 1 amide bonds. The third-order valence-corrected chi connectivity index (χ3v) is 3.98. The van der Waals surface area contributed by atoms with Crippen molar-refractivity contribution in [1.29, 1.82) is 0 Å². The van der Waals surface area contributed by atoms with Gasteiger partial charge in [0.15, 0.2) is 0 Å². The third kappa shape index (κ3) is 5.85. The smallest absolute Gasteiger partial charge is 0.220 e. The zero-order valence-corrected chi connectivity index (χ0v) is 13.3. The van der Waals surface area contributed by atoms with E-state index in [1.807, 2.05) is 18.2 Å². The molecule has 0 spiro atoms. The summed E-state index contributed by atoms with van der Waals surface area (Å²) in [5.74, 6) is 0.682. The molecular weight excluding hydrogens is 337 g/mol. The second kappa shape index (κ2) is 8.51. The summed E-state index contributed by atoms with van der Waals surface area (Å²) in [6, 6.07) is 10.6. The number of nitrogens with one attached hydrogen (secondary N) is 1. The second-order valence-corrected chi connectivity index (χ2v) is 5.79. The Morgan fingerprint density at radius 3 is 2.50 bits per heavy atom. The number of rotatable bonds is 7. The molecular formula is C15H22INO. The van der Waals surface area contributed by atoms with Crippen molar-refractivity contribution in [2.24, 2.45) is 5.92 Å². The predicted molar refractivity (Wildman–Crippen MR) is 85.0 cm³/mol. The first-order valence-corrected chi connectivity index (χ1v) is 8.05. The van der Waals surface area contributed by atoms with Crippen molar-refractivity contribution >= 4 is 28.5 Å². The lowest BCUT2D eigenvalue weighted by molar-refractivity contribution is -0.122. The van der Waals surface area contributed by atoms with Crippen LogP contribution in [-0.2, 0) is 11.2 Å². The molecule has 18 heavy (non-hydrogen) atoms. The number of carbonyl (C=O) groups is 1. The molecule has 1 aromatic carbocycles. The normalized spacial score (nSPS) is 12.4. The zero-order valence-electron chi connectivity index (χ0n) is 11.2. The maximum Gasteiger partial charge on any atom is 0.220 e. The van der Waals surface area contributed by atoms with Gasteiger partial charge in [0.25, 0.3) is 0 Å². The van der Waals surface area contributed by atoms with Gasteiger partial charge >= 0.3 is 0 Å². The number of aryl methyl sites for hydroxylation is 1. The summed E-state index contributed by atoms with van der Waals surface area (Å²) in [7, 11) is 0. The Morgan fingerprint density at radius 1 is 1.28 bits per heavy atom. The zero-order chi connectivity index (χ0) is 13.4. The van der Waals surface area contributed by atoms with Gasteiger partial charge in [-0.15, -0.1) is 0 Å². The number of hydrogen-bond acceptors (Lipinski definition) is 1. The number of carbonyl (C=O) groups excluding carboxylic acids is 1. The van der Waals surface area contributed by atoms with E-state index in [0.717, 1.165) is 17.3 Å². The molecule has 1 rings (SSSR count). The van der Waals surface area contributed by atoms with E-state index in [9.17, 15) is 4.79 Å². The lowest BCUT2D eigenvalue weighted by Gasteiger charge is -2.19. The van der Waals surface area contributed by atoms with Crippen molar-refractivity contribution in [2.75, 3.05) is 4.43 Å². The molecule has 0 aliphatic heterocycles. The lowest BCUT2D eigenvalue weighted by atomic mass is 10.1. The highest BCUT2D eigenvalue weighted by Gasteiger charge is 2.14. The first-order valence-electron chi connectivity index (χ1n) is 6.52. The summed E-state index contributed by atoms with van der Waals surface area (Å²) in [5, 5.41) is 3.11. The van der Waals surface area contributed by atoms with Gasteiger partial charge < -0.3 is 5.32 Å². The van der Waals surface area contributed by atoms with E-state index in [1.54, 1.807) is 0 Å². The summed E-state index contributed by atoms with van der Waals surface area (Å²) >= 11 is 2.33. The topological polar surface area (TPSA) is 29.1 Å². The van der Waals surface area contributed by atoms with Crippen LogP contribution in [0.15, 0.2) is 30.3 Å². The standard InChI is InChI=1S/C15H22INO/c1-12(2)14(11-16)17-15(18)10-6-9-13-7-4-3-5-8-13/h3-5,7-8,12,14H,6,9-11H2,1-2H3,(H,17,18). The number of benzene rings is 1. The van der Waals surface area contributed by atoms with Crippen molar-refractivity contribution in [3.8, 4) is 0 Å². The second-order valence-electron chi connectivity index (χ2n) is 4.91. The van der Waals surface area contributed by atoms with Gasteiger partial charge in [-0.1, -0.05) is 66.8 Å². The Kier molecular flexibility index (Phi) is 7.32. The maximum atomic E-state index is 11.8. The number of alkyl halides is 1. The van der Waals surface area contributed by atoms with Crippen molar-refractivity contribution in [2.45, 2.75) is 39.2 Å². The molecule has 0 heterocycles. The highest BCUT2D eigenvalue weighted by atomic mass is 127. The van der Waals surface area contributed by atoms with E-state index in [0.29, 0.717) is 18.4 Å². The monoisotopic (exact) mass is 359 g/mol. The molecule has 0 aliphatic carbocycles. The number of halogens is 1. The van der Waals surface area contributed by atoms with Gasteiger partial charge in [-0.2, -0.15) is 0 Å². The quantitative estimate of drug-likeness (QED) is 0.585. The van der Waals surface area contributed by atoms with Crippen LogP contribution in [0.3, 0.4) is 0 Å². The van der Waals surface area contributed by atoms with Gasteiger partial charge in [0.2, 0.25) is 5.91 Å². The van der Waals surface area contributed by atoms with Gasteiger partial charge in [-0.3, -0.25) is 4.79 Å². The van der Waals surface area contributed by atoms with E-state index in [-0.39, 0.29) is 5.91 Å². The minimum Gasteiger partial charge on any atom is -0.352 e. The highest BCUT2D eigenvalue weighted by molar-refractivity contribution is 14.1. The summed E-state index contributed by atoms with van der Waals surface area (Å²) in [4.78, 5) is 11.8. The van der Waals surface area contributed by atoms with Crippen LogP contribution < -0.4 is 5.32 Å². The van der Waals surface area contributed by atoms with Gasteiger partial charge in [-0.05, 0) is 24.3 Å². The number of hydrogen-bond donors (Lipinski definition) is 1. The Balaban J connectivity index is 2.25. The van der Waals surface area contributed by atoms with Crippen molar-refractivity contribution in [1.82, 2.24) is 5.32 Å². The van der Waals surface area contributed by atoms with Gasteiger partial charge in [0.1, 0.15) is 0 Å². The first-order chi connectivity index (χ1) is 8.63. The van der Waals surface area contributed by atoms with Crippen molar-refractivity contribution < 1.29 is 4.79 Å². The van der Waals surface area contributed by atoms with Crippen LogP contribution in [-0.4, -0.2) is 16.4 Å². The fourth-order valence-electron chi connectivity index (χ4n) is 1.76. The fraction of sp³-hybridized carbons (Fsp3) is 0.533. The highest BCUT2D eigenvalue weighted by Crippen LogP contribution is 2.07. The predicted octanol–water partition coefficient (Wildman–Crippen LogP) is 3.59. The van der Waals surface area contributed by atoms with Gasteiger partial charge in [0, 0.05) is 16.9 Å². The molecule has 0 saturated carbocycles. The van der Waals surface area contributed by atoms with Crippen LogP contribution in [0.25, 0.3) is 0 Å². The van der Waals surface area contributed by atoms with E-state index in [1.165, 1.54) is 5.56 Å². The van der Waals surface area contributed by atoms with Crippen LogP contribution in [0.2, 0.25) is 0 Å². The largest absolute Gasteiger partial charge is 0.352 e. The SMILES string of the molecule is CC(C)C(CI)NC(=O)CCCc1ccccc1. The molecule has 0 aromatic heterocycles. The van der Waals surface area contributed by atoms with E-state index in [4.69, 9.17) is 0 Å². The van der Waals surface area contributed by atoms with Crippen LogP contribution in [0, 0.1) is 5.92 Å². The van der Waals surface area contributed by atoms with E-state index >= 15 is 0 Å². The minimum atomic E-state index is 0.182. The molecule has 2 nitrogen and oxygen atoms in total. The van der Waals surface area contributed by atoms with Gasteiger partial charge in [-0.25, -0.2) is 0 Å². The average molecular weight is 359 g/mol. The molecule has 1 aromatic rings. The third-order valence-electron chi connectivity index (χ3n) is 3.03. The van der Waals surface area contributed by atoms with Crippen LogP contribution >= 0.6 is 22.6 Å². The van der Waals surface area contributed by atoms with Crippen molar-refractivity contribution in [3.63, 3.8) is 0 Å². The Morgan fingerprint density at radius 2 is 1.94 bits per heavy atom. The maximum absolute atomic E-state index is 11.8. The molecule has 0 fully saturated rings.